The van der Waals surface area contributed by atoms with Crippen LogP contribution in [-0.2, 0) is 17.8 Å². The normalized spacial score (nSPS) is 14.1. The van der Waals surface area contributed by atoms with Crippen molar-refractivity contribution < 1.29 is 9.47 Å². The fraction of sp³-hybridized carbons (Fsp3) is 0.368. The molecule has 2 nitrogen and oxygen atoms in total. The first-order chi connectivity index (χ1) is 10.4. The second kappa shape index (κ2) is 7.28. The topological polar surface area (TPSA) is 18.5 Å². The summed E-state index contributed by atoms with van der Waals surface area (Å²) in [5, 5.41) is 0. The van der Waals surface area contributed by atoms with Gasteiger partial charge in [-0.15, -0.1) is 0 Å². The van der Waals surface area contributed by atoms with Gasteiger partial charge in [-0.25, -0.2) is 0 Å². The maximum atomic E-state index is 5.96. The third kappa shape index (κ3) is 4.61. The number of para-hydroxylation sites is 1. The Morgan fingerprint density at radius 3 is 2.48 bits per heavy atom. The van der Waals surface area contributed by atoms with E-state index in [2.05, 4.69) is 24.3 Å². The molecule has 1 fully saturated rings. The second-order valence-corrected chi connectivity index (χ2v) is 5.65. The summed E-state index contributed by atoms with van der Waals surface area (Å²) in [5.41, 5.74) is 2.42. The molecule has 21 heavy (non-hydrogen) atoms. The minimum atomic E-state index is 0.612. The Bertz CT molecular complexity index is 547. The number of ether oxygens (including phenoxy) is 2. The molecule has 2 aromatic carbocycles. The zero-order valence-electron chi connectivity index (χ0n) is 12.3. The first kappa shape index (κ1) is 14.2. The highest BCUT2D eigenvalue weighted by molar-refractivity contribution is 5.33. The first-order valence-corrected chi connectivity index (χ1v) is 7.74. The van der Waals surface area contributed by atoms with E-state index in [1.54, 1.807) is 0 Å². The smallest absolute Gasteiger partial charge is 0.123 e. The van der Waals surface area contributed by atoms with E-state index in [1.165, 1.54) is 24.0 Å². The van der Waals surface area contributed by atoms with Gasteiger partial charge in [0.1, 0.15) is 12.4 Å². The maximum Gasteiger partial charge on any atom is 0.123 e. The van der Waals surface area contributed by atoms with Gasteiger partial charge in [-0.2, -0.15) is 0 Å². The van der Waals surface area contributed by atoms with E-state index in [9.17, 15) is 0 Å². The first-order valence-electron chi connectivity index (χ1n) is 7.74. The number of benzene rings is 2. The Hall–Kier alpha value is -1.80. The van der Waals surface area contributed by atoms with Crippen LogP contribution in [0.1, 0.15) is 24.0 Å². The van der Waals surface area contributed by atoms with Gasteiger partial charge in [0, 0.05) is 6.61 Å². The van der Waals surface area contributed by atoms with Crippen molar-refractivity contribution in [1.29, 1.82) is 0 Å². The fourth-order valence-electron chi connectivity index (χ4n) is 2.30. The molecule has 0 bridgehead atoms. The Morgan fingerprint density at radius 2 is 1.67 bits per heavy atom. The van der Waals surface area contributed by atoms with Crippen molar-refractivity contribution in [2.75, 3.05) is 13.2 Å². The van der Waals surface area contributed by atoms with Gasteiger partial charge < -0.3 is 9.47 Å². The summed E-state index contributed by atoms with van der Waals surface area (Å²) in [5.74, 6) is 1.80. The lowest BCUT2D eigenvalue weighted by Crippen LogP contribution is -2.04. The van der Waals surface area contributed by atoms with Crippen molar-refractivity contribution >= 4 is 0 Å². The lowest BCUT2D eigenvalue weighted by Gasteiger charge is -2.11. The van der Waals surface area contributed by atoms with E-state index in [-0.39, 0.29) is 0 Å². The van der Waals surface area contributed by atoms with Gasteiger partial charge in [0.15, 0.2) is 0 Å². The molecule has 2 aromatic rings. The minimum absolute atomic E-state index is 0.612. The molecule has 0 heterocycles. The molecule has 3 rings (SSSR count). The number of hydrogen-bond donors (Lipinski definition) is 0. The van der Waals surface area contributed by atoms with Crippen LogP contribution in [0.25, 0.3) is 0 Å². The highest BCUT2D eigenvalue weighted by atomic mass is 16.5. The Kier molecular flexibility index (Phi) is 4.90. The highest BCUT2D eigenvalue weighted by Crippen LogP contribution is 2.29. The standard InChI is InChI=1S/C19H22O2/c1-2-6-16(7-3-1)15-21-19-9-5-4-8-18(19)12-13-20-14-17-10-11-17/h1-9,17H,10-15H2. The summed E-state index contributed by atoms with van der Waals surface area (Å²) in [6.45, 7) is 2.32. The highest BCUT2D eigenvalue weighted by Gasteiger charge is 2.20. The summed E-state index contributed by atoms with van der Waals surface area (Å²) in [7, 11) is 0. The zero-order chi connectivity index (χ0) is 14.3. The van der Waals surface area contributed by atoms with Crippen molar-refractivity contribution in [1.82, 2.24) is 0 Å². The van der Waals surface area contributed by atoms with Crippen molar-refractivity contribution in [2.24, 2.45) is 5.92 Å². The van der Waals surface area contributed by atoms with Gasteiger partial charge in [-0.3, -0.25) is 0 Å². The molecule has 1 aliphatic carbocycles. The largest absolute Gasteiger partial charge is 0.489 e. The lowest BCUT2D eigenvalue weighted by atomic mass is 10.1. The van der Waals surface area contributed by atoms with Crippen LogP contribution in [0.3, 0.4) is 0 Å². The molecule has 0 amide bonds. The molecule has 1 saturated carbocycles. The predicted octanol–water partition coefficient (Wildman–Crippen LogP) is 4.23. The molecule has 2 heteroatoms. The Labute approximate surface area is 126 Å². The van der Waals surface area contributed by atoms with Crippen LogP contribution < -0.4 is 4.74 Å². The van der Waals surface area contributed by atoms with E-state index in [1.807, 2.05) is 30.3 Å². The van der Waals surface area contributed by atoms with Crippen LogP contribution in [-0.4, -0.2) is 13.2 Å². The van der Waals surface area contributed by atoms with Crippen LogP contribution in [0, 0.1) is 5.92 Å². The van der Waals surface area contributed by atoms with E-state index in [4.69, 9.17) is 9.47 Å². The maximum absolute atomic E-state index is 5.96. The zero-order valence-corrected chi connectivity index (χ0v) is 12.3. The Balaban J connectivity index is 1.51. The van der Waals surface area contributed by atoms with Gasteiger partial charge in [0.2, 0.25) is 0 Å². The van der Waals surface area contributed by atoms with E-state index in [0.717, 1.165) is 31.3 Å². The monoisotopic (exact) mass is 282 g/mol. The molecule has 0 aromatic heterocycles. The van der Waals surface area contributed by atoms with Gasteiger partial charge >= 0.3 is 0 Å². The summed E-state index contributed by atoms with van der Waals surface area (Å²) >= 11 is 0. The quantitative estimate of drug-likeness (QED) is 0.674. The third-order valence-corrected chi connectivity index (χ3v) is 3.78. The van der Waals surface area contributed by atoms with Gasteiger partial charge in [0.25, 0.3) is 0 Å². The molecule has 0 atom stereocenters. The van der Waals surface area contributed by atoms with Gasteiger partial charge in [-0.1, -0.05) is 48.5 Å². The van der Waals surface area contributed by atoms with Crippen molar-refractivity contribution in [3.8, 4) is 5.75 Å². The van der Waals surface area contributed by atoms with Crippen LogP contribution in [0.15, 0.2) is 54.6 Å². The SMILES string of the molecule is c1ccc(COc2ccccc2CCOCC2CC2)cc1. The average Bonchev–Trinajstić information content (AvgIpc) is 3.36. The molecule has 1 aliphatic rings. The number of rotatable bonds is 8. The summed E-state index contributed by atoms with van der Waals surface area (Å²) < 4.78 is 11.7. The van der Waals surface area contributed by atoms with Crippen molar-refractivity contribution in [2.45, 2.75) is 25.9 Å². The van der Waals surface area contributed by atoms with Crippen LogP contribution in [0.2, 0.25) is 0 Å². The molecule has 110 valence electrons. The lowest BCUT2D eigenvalue weighted by molar-refractivity contribution is 0.126. The van der Waals surface area contributed by atoms with Crippen LogP contribution in [0.4, 0.5) is 0 Å². The molecule has 0 N–H and O–H groups in total. The third-order valence-electron chi connectivity index (χ3n) is 3.78. The molecule has 0 aliphatic heterocycles. The van der Waals surface area contributed by atoms with E-state index >= 15 is 0 Å². The van der Waals surface area contributed by atoms with Gasteiger partial charge in [-0.05, 0) is 42.4 Å². The summed E-state index contributed by atoms with van der Waals surface area (Å²) in [4.78, 5) is 0. The van der Waals surface area contributed by atoms with Crippen LogP contribution in [0.5, 0.6) is 5.75 Å². The molecular weight excluding hydrogens is 260 g/mol. The van der Waals surface area contributed by atoms with Crippen molar-refractivity contribution in [3.05, 3.63) is 65.7 Å². The predicted molar refractivity (Wildman–Crippen MR) is 84.5 cm³/mol. The van der Waals surface area contributed by atoms with Crippen molar-refractivity contribution in [3.63, 3.8) is 0 Å². The Morgan fingerprint density at radius 1 is 0.905 bits per heavy atom. The summed E-state index contributed by atoms with van der Waals surface area (Å²) in [6, 6.07) is 18.5. The molecule has 0 unspecified atom stereocenters. The molecule has 0 spiro atoms. The fourth-order valence-corrected chi connectivity index (χ4v) is 2.30. The number of hydrogen-bond acceptors (Lipinski definition) is 2. The molecule has 0 saturated heterocycles. The molecule has 0 radical (unpaired) electrons. The second-order valence-electron chi connectivity index (χ2n) is 5.65. The van der Waals surface area contributed by atoms with Gasteiger partial charge in [0.05, 0.1) is 6.61 Å². The molecular formula is C19H22O2. The summed E-state index contributed by atoms with van der Waals surface area (Å²) in [6.07, 6.45) is 3.60. The minimum Gasteiger partial charge on any atom is -0.489 e. The van der Waals surface area contributed by atoms with E-state index < -0.39 is 0 Å². The average molecular weight is 282 g/mol. The van der Waals surface area contributed by atoms with E-state index in [0.29, 0.717) is 6.61 Å². The van der Waals surface area contributed by atoms with Crippen LogP contribution >= 0.6 is 0 Å².